The highest BCUT2D eigenvalue weighted by Gasteiger charge is 2.38. The molecule has 0 aliphatic heterocycles. The van der Waals surface area contributed by atoms with Crippen LogP contribution in [-0.4, -0.2) is 10.9 Å². The molecule has 4 heteroatoms. The van der Waals surface area contributed by atoms with Crippen LogP contribution in [0.15, 0.2) is 42.2 Å². The zero-order valence-electron chi connectivity index (χ0n) is 15.3. The molecule has 1 saturated carbocycles. The molecule has 2 aromatic rings. The molecule has 0 unspecified atom stereocenters. The number of ketones is 1. The van der Waals surface area contributed by atoms with E-state index in [9.17, 15) is 9.90 Å². The fourth-order valence-electron chi connectivity index (χ4n) is 4.44. The van der Waals surface area contributed by atoms with Crippen LogP contribution in [-0.2, 0) is 11.2 Å². The Kier molecular flexibility index (Phi) is 5.05. The highest BCUT2D eigenvalue weighted by Crippen LogP contribution is 2.44. The molecule has 0 aromatic heterocycles. The monoisotopic (exact) mass is 400 g/mol. The number of halogens is 2. The maximum atomic E-state index is 13.2. The van der Waals surface area contributed by atoms with E-state index in [1.165, 1.54) is 0 Å². The van der Waals surface area contributed by atoms with Crippen LogP contribution in [0.3, 0.4) is 0 Å². The summed E-state index contributed by atoms with van der Waals surface area (Å²) >= 11 is 12.4. The molecule has 2 bridgehead atoms. The number of carbonyl (C=O) groups excluding carboxylic acids is 1. The summed E-state index contributed by atoms with van der Waals surface area (Å²) in [7, 11) is 0. The van der Waals surface area contributed by atoms with Gasteiger partial charge in [-0.1, -0.05) is 48.3 Å². The highest BCUT2D eigenvalue weighted by molar-refractivity contribution is 6.36. The van der Waals surface area contributed by atoms with Crippen LogP contribution in [0.4, 0.5) is 0 Å². The van der Waals surface area contributed by atoms with E-state index < -0.39 is 0 Å². The van der Waals surface area contributed by atoms with Gasteiger partial charge in [-0.3, -0.25) is 4.79 Å². The fourth-order valence-corrected chi connectivity index (χ4v) is 4.96. The quantitative estimate of drug-likeness (QED) is 0.609. The number of rotatable bonds is 3. The lowest BCUT2D eigenvalue weighted by molar-refractivity contribution is -0.117. The highest BCUT2D eigenvalue weighted by atomic mass is 35.5. The van der Waals surface area contributed by atoms with Crippen molar-refractivity contribution < 1.29 is 9.90 Å². The van der Waals surface area contributed by atoms with Gasteiger partial charge in [-0.25, -0.2) is 0 Å². The minimum Gasteiger partial charge on any atom is -0.511 e. The minimum atomic E-state index is 0.0355. The Morgan fingerprint density at radius 2 is 1.67 bits per heavy atom. The number of allylic oxidation sites excluding steroid dienone is 2. The molecular formula is C23H22Cl2O2. The Hall–Kier alpha value is -1.77. The third kappa shape index (κ3) is 3.30. The molecule has 0 saturated heterocycles. The van der Waals surface area contributed by atoms with E-state index in [0.717, 1.165) is 54.4 Å². The van der Waals surface area contributed by atoms with Crippen LogP contribution >= 0.6 is 23.2 Å². The molecule has 27 heavy (non-hydrogen) atoms. The molecule has 0 atom stereocenters. The average molecular weight is 401 g/mol. The second-order valence-corrected chi connectivity index (χ2v) is 8.37. The Morgan fingerprint density at radius 3 is 2.33 bits per heavy atom. The Labute approximate surface area is 169 Å². The molecule has 3 aliphatic rings. The van der Waals surface area contributed by atoms with E-state index in [1.54, 1.807) is 6.07 Å². The van der Waals surface area contributed by atoms with E-state index in [0.29, 0.717) is 15.6 Å². The van der Waals surface area contributed by atoms with Crippen molar-refractivity contribution in [1.82, 2.24) is 0 Å². The lowest BCUT2D eigenvalue weighted by atomic mass is 9.82. The summed E-state index contributed by atoms with van der Waals surface area (Å²) < 4.78 is 0. The van der Waals surface area contributed by atoms with Gasteiger partial charge in [0.25, 0.3) is 0 Å². The molecule has 0 heterocycles. The third-order valence-electron chi connectivity index (χ3n) is 5.99. The van der Waals surface area contributed by atoms with E-state index in [1.807, 2.05) is 30.3 Å². The molecule has 5 rings (SSSR count). The average Bonchev–Trinajstić information content (AvgIpc) is 2.86. The van der Waals surface area contributed by atoms with Crippen molar-refractivity contribution in [3.8, 4) is 11.1 Å². The largest absolute Gasteiger partial charge is 0.511 e. The first-order chi connectivity index (χ1) is 13.0. The summed E-state index contributed by atoms with van der Waals surface area (Å²) in [6.07, 6.45) is 4.34. The molecule has 0 amide bonds. The van der Waals surface area contributed by atoms with Crippen LogP contribution in [0.25, 0.3) is 16.7 Å². The van der Waals surface area contributed by atoms with Crippen LogP contribution in [0, 0.1) is 11.8 Å². The lowest BCUT2D eigenvalue weighted by Gasteiger charge is -2.21. The Morgan fingerprint density at radius 1 is 0.963 bits per heavy atom. The number of Topliss-reactive ketones (excluding diaryl/α,β-unsaturated/α-hetero) is 1. The SMILES string of the molecule is CCc1ccc(-c2ccc(Cl)cc2Cl)cc1C1=C(O)[C@H]2CC[C@H](CC2)C1=O. The number of carbonyl (C=O) groups is 1. The van der Waals surface area contributed by atoms with Gasteiger partial charge in [0.2, 0.25) is 0 Å². The maximum absolute atomic E-state index is 13.2. The summed E-state index contributed by atoms with van der Waals surface area (Å²) in [5.41, 5.74) is 4.24. The summed E-state index contributed by atoms with van der Waals surface area (Å²) in [5.74, 6) is 0.527. The lowest BCUT2D eigenvalue weighted by Crippen LogP contribution is -2.17. The molecule has 1 fully saturated rings. The normalized spacial score (nSPS) is 22.3. The number of aliphatic hydroxyl groups is 1. The van der Waals surface area contributed by atoms with Gasteiger partial charge in [0, 0.05) is 27.4 Å². The predicted molar refractivity (Wildman–Crippen MR) is 111 cm³/mol. The summed E-state index contributed by atoms with van der Waals surface area (Å²) in [6, 6.07) is 11.5. The molecule has 140 valence electrons. The smallest absolute Gasteiger partial charge is 0.169 e. The first kappa shape index (κ1) is 18.6. The van der Waals surface area contributed by atoms with E-state index in [4.69, 9.17) is 23.2 Å². The fraction of sp³-hybridized carbons (Fsp3) is 0.348. The number of hydrogen-bond acceptors (Lipinski definition) is 2. The molecular weight excluding hydrogens is 379 g/mol. The summed E-state index contributed by atoms with van der Waals surface area (Å²) in [4.78, 5) is 13.2. The summed E-state index contributed by atoms with van der Waals surface area (Å²) in [6.45, 7) is 2.07. The number of aryl methyl sites for hydroxylation is 1. The maximum Gasteiger partial charge on any atom is 0.169 e. The van der Waals surface area contributed by atoms with Gasteiger partial charge in [-0.2, -0.15) is 0 Å². The molecule has 2 nitrogen and oxygen atoms in total. The minimum absolute atomic E-state index is 0.0355. The topological polar surface area (TPSA) is 37.3 Å². The van der Waals surface area contributed by atoms with Gasteiger partial charge < -0.3 is 5.11 Å². The Balaban J connectivity index is 1.89. The Bertz CT molecular complexity index is 937. The van der Waals surface area contributed by atoms with E-state index in [2.05, 4.69) is 6.92 Å². The molecule has 0 spiro atoms. The summed E-state index contributed by atoms with van der Waals surface area (Å²) in [5, 5.41) is 12.1. The zero-order chi connectivity index (χ0) is 19.1. The first-order valence-corrected chi connectivity index (χ1v) is 10.3. The van der Waals surface area contributed by atoms with Crippen LogP contribution in [0.1, 0.15) is 43.7 Å². The molecule has 0 radical (unpaired) electrons. The van der Waals surface area contributed by atoms with Crippen molar-refractivity contribution in [3.63, 3.8) is 0 Å². The number of aliphatic hydroxyl groups excluding tert-OH is 1. The van der Waals surface area contributed by atoms with E-state index >= 15 is 0 Å². The number of benzene rings is 2. The van der Waals surface area contributed by atoms with Gasteiger partial charge in [-0.15, -0.1) is 0 Å². The van der Waals surface area contributed by atoms with Gasteiger partial charge >= 0.3 is 0 Å². The van der Waals surface area contributed by atoms with Gasteiger partial charge in [-0.05, 0) is 67.0 Å². The number of hydrogen-bond donors (Lipinski definition) is 1. The zero-order valence-corrected chi connectivity index (χ0v) is 16.8. The van der Waals surface area contributed by atoms with Crippen molar-refractivity contribution in [2.24, 2.45) is 11.8 Å². The van der Waals surface area contributed by atoms with Crippen molar-refractivity contribution in [3.05, 3.63) is 63.3 Å². The van der Waals surface area contributed by atoms with Crippen molar-refractivity contribution in [2.45, 2.75) is 39.0 Å². The molecule has 2 aromatic carbocycles. The molecule has 1 N–H and O–H groups in total. The number of fused-ring (bicyclic) bond motifs is 3. The van der Waals surface area contributed by atoms with Gasteiger partial charge in [0.1, 0.15) is 5.76 Å². The van der Waals surface area contributed by atoms with Crippen molar-refractivity contribution in [2.75, 3.05) is 0 Å². The van der Waals surface area contributed by atoms with Crippen LogP contribution in [0.2, 0.25) is 10.0 Å². The second kappa shape index (κ2) is 7.33. The van der Waals surface area contributed by atoms with Crippen molar-refractivity contribution >= 4 is 34.6 Å². The van der Waals surface area contributed by atoms with Crippen LogP contribution in [0.5, 0.6) is 0 Å². The van der Waals surface area contributed by atoms with Crippen molar-refractivity contribution in [1.29, 1.82) is 0 Å². The predicted octanol–water partition coefficient (Wildman–Crippen LogP) is 6.88. The van der Waals surface area contributed by atoms with Crippen LogP contribution < -0.4 is 0 Å². The second-order valence-electron chi connectivity index (χ2n) is 7.52. The van der Waals surface area contributed by atoms with Gasteiger partial charge in [0.05, 0.1) is 5.57 Å². The molecule has 3 aliphatic carbocycles. The third-order valence-corrected chi connectivity index (χ3v) is 6.54. The van der Waals surface area contributed by atoms with Gasteiger partial charge in [0.15, 0.2) is 5.78 Å². The van der Waals surface area contributed by atoms with E-state index in [-0.39, 0.29) is 23.4 Å². The first-order valence-electron chi connectivity index (χ1n) is 9.55. The standard InChI is InChI=1S/C23H22Cl2O2/c1-2-13-3-8-16(18-10-9-17(24)12-20(18)25)11-19(13)21-22(26)14-4-5-15(7-6-14)23(21)27/h3,8-12,14-15,26H,2,4-7H2,1H3/t14-,15+.